The van der Waals surface area contributed by atoms with Crippen molar-refractivity contribution >= 4 is 5.69 Å². The van der Waals surface area contributed by atoms with Gasteiger partial charge in [0.15, 0.2) is 0 Å². The van der Waals surface area contributed by atoms with Crippen LogP contribution in [-0.4, -0.2) is 57.5 Å². The number of methoxy groups -OCH3 is 2. The van der Waals surface area contributed by atoms with E-state index in [4.69, 9.17) is 14.2 Å². The molecule has 1 atom stereocenters. The van der Waals surface area contributed by atoms with Gasteiger partial charge in [-0.3, -0.25) is 0 Å². The molecule has 0 radical (unpaired) electrons. The molecule has 2 fully saturated rings. The van der Waals surface area contributed by atoms with E-state index < -0.39 is 0 Å². The van der Waals surface area contributed by atoms with Crippen molar-refractivity contribution in [2.24, 2.45) is 0 Å². The predicted molar refractivity (Wildman–Crippen MR) is 91.6 cm³/mol. The lowest BCUT2D eigenvalue weighted by Gasteiger charge is -2.34. The van der Waals surface area contributed by atoms with Crippen LogP contribution in [0.1, 0.15) is 25.7 Å². The molecular weight excluding hydrogens is 292 g/mol. The van der Waals surface area contributed by atoms with Crippen LogP contribution in [0.5, 0.6) is 11.5 Å². The molecule has 1 aromatic carbocycles. The van der Waals surface area contributed by atoms with Gasteiger partial charge in [0.2, 0.25) is 0 Å². The third kappa shape index (κ3) is 4.52. The standard InChI is InChI=1S/C18H28N2O3/c1-21-17-10-15(11-18(12-17)22-2)19-14-5-7-20(8-6-14)13-16-4-3-9-23-16/h10-12,14,16,19H,3-9,13H2,1-2H3/t16-/m1/s1. The van der Waals surface area contributed by atoms with Crippen LogP contribution < -0.4 is 14.8 Å². The molecule has 0 bridgehead atoms. The van der Waals surface area contributed by atoms with Gasteiger partial charge in [-0.25, -0.2) is 0 Å². The second-order valence-corrected chi connectivity index (χ2v) is 6.46. The third-order valence-corrected chi connectivity index (χ3v) is 4.80. The van der Waals surface area contributed by atoms with Gasteiger partial charge in [0.05, 0.1) is 20.3 Å². The van der Waals surface area contributed by atoms with E-state index in [0.717, 1.165) is 56.3 Å². The smallest absolute Gasteiger partial charge is 0.124 e. The highest BCUT2D eigenvalue weighted by atomic mass is 16.5. The number of anilines is 1. The van der Waals surface area contributed by atoms with E-state index >= 15 is 0 Å². The fourth-order valence-corrected chi connectivity index (χ4v) is 3.46. The van der Waals surface area contributed by atoms with Crippen LogP contribution in [-0.2, 0) is 4.74 Å². The van der Waals surface area contributed by atoms with Crippen molar-refractivity contribution in [1.82, 2.24) is 4.90 Å². The lowest BCUT2D eigenvalue weighted by molar-refractivity contribution is 0.0654. The molecule has 2 aliphatic heterocycles. The molecule has 0 saturated carbocycles. The topological polar surface area (TPSA) is 43.0 Å². The van der Waals surface area contributed by atoms with E-state index in [9.17, 15) is 0 Å². The number of rotatable bonds is 6. The van der Waals surface area contributed by atoms with E-state index in [1.807, 2.05) is 18.2 Å². The maximum Gasteiger partial charge on any atom is 0.124 e. The summed E-state index contributed by atoms with van der Waals surface area (Å²) in [4.78, 5) is 2.54. The van der Waals surface area contributed by atoms with Gasteiger partial charge in [-0.05, 0) is 25.7 Å². The molecule has 3 rings (SSSR count). The summed E-state index contributed by atoms with van der Waals surface area (Å²) in [6.07, 6.45) is 5.22. The van der Waals surface area contributed by atoms with Gasteiger partial charge in [0.1, 0.15) is 11.5 Å². The molecule has 5 nitrogen and oxygen atoms in total. The number of benzene rings is 1. The Morgan fingerprint density at radius 1 is 1.09 bits per heavy atom. The Balaban J connectivity index is 1.50. The Hall–Kier alpha value is -1.46. The van der Waals surface area contributed by atoms with Gasteiger partial charge < -0.3 is 24.4 Å². The molecule has 0 aliphatic carbocycles. The summed E-state index contributed by atoms with van der Waals surface area (Å²) < 4.78 is 16.4. The Morgan fingerprint density at radius 2 is 1.78 bits per heavy atom. The molecule has 0 unspecified atom stereocenters. The van der Waals surface area contributed by atoms with Crippen LogP contribution in [0.2, 0.25) is 0 Å². The summed E-state index contributed by atoms with van der Waals surface area (Å²) in [5.41, 5.74) is 1.07. The lowest BCUT2D eigenvalue weighted by Crippen LogP contribution is -2.42. The largest absolute Gasteiger partial charge is 0.497 e. The number of piperidine rings is 1. The van der Waals surface area contributed by atoms with E-state index in [1.54, 1.807) is 14.2 Å². The molecule has 0 amide bonds. The summed E-state index contributed by atoms with van der Waals surface area (Å²) in [6, 6.07) is 6.46. The highest BCUT2D eigenvalue weighted by Gasteiger charge is 2.24. The number of likely N-dealkylation sites (tertiary alicyclic amines) is 1. The fourth-order valence-electron chi connectivity index (χ4n) is 3.46. The quantitative estimate of drug-likeness (QED) is 0.873. The van der Waals surface area contributed by atoms with Gasteiger partial charge >= 0.3 is 0 Å². The third-order valence-electron chi connectivity index (χ3n) is 4.80. The molecule has 2 saturated heterocycles. The predicted octanol–water partition coefficient (Wildman–Crippen LogP) is 2.76. The Labute approximate surface area is 138 Å². The number of hydrogen-bond donors (Lipinski definition) is 1. The first-order valence-electron chi connectivity index (χ1n) is 8.60. The number of hydrogen-bond acceptors (Lipinski definition) is 5. The molecule has 2 heterocycles. The van der Waals surface area contributed by atoms with Gasteiger partial charge in [-0.15, -0.1) is 0 Å². The molecule has 23 heavy (non-hydrogen) atoms. The molecule has 1 N–H and O–H groups in total. The molecule has 128 valence electrons. The van der Waals surface area contributed by atoms with Crippen molar-refractivity contribution < 1.29 is 14.2 Å². The van der Waals surface area contributed by atoms with Gasteiger partial charge in [0.25, 0.3) is 0 Å². The van der Waals surface area contributed by atoms with Crippen LogP contribution in [0.15, 0.2) is 18.2 Å². The minimum Gasteiger partial charge on any atom is -0.497 e. The van der Waals surface area contributed by atoms with E-state index in [1.165, 1.54) is 12.8 Å². The highest BCUT2D eigenvalue weighted by molar-refractivity contribution is 5.54. The Kier molecular flexibility index (Phi) is 5.62. The van der Waals surface area contributed by atoms with Crippen LogP contribution in [0.25, 0.3) is 0 Å². The minimum atomic E-state index is 0.460. The van der Waals surface area contributed by atoms with Crippen LogP contribution in [0, 0.1) is 0 Å². The summed E-state index contributed by atoms with van der Waals surface area (Å²) in [7, 11) is 3.37. The molecule has 2 aliphatic rings. The molecular formula is C18H28N2O3. The minimum absolute atomic E-state index is 0.460. The van der Waals surface area contributed by atoms with Crippen molar-refractivity contribution in [3.8, 4) is 11.5 Å². The van der Waals surface area contributed by atoms with Crippen LogP contribution in [0.4, 0.5) is 5.69 Å². The maximum atomic E-state index is 5.74. The van der Waals surface area contributed by atoms with E-state index in [0.29, 0.717) is 12.1 Å². The van der Waals surface area contributed by atoms with Crippen LogP contribution in [0.3, 0.4) is 0 Å². The lowest BCUT2D eigenvalue weighted by atomic mass is 10.0. The number of nitrogens with zero attached hydrogens (tertiary/aromatic N) is 1. The normalized spacial score (nSPS) is 23.0. The molecule has 0 aromatic heterocycles. The van der Waals surface area contributed by atoms with Gasteiger partial charge in [-0.2, -0.15) is 0 Å². The second kappa shape index (κ2) is 7.88. The Bertz CT molecular complexity index is 473. The fraction of sp³-hybridized carbons (Fsp3) is 0.667. The highest BCUT2D eigenvalue weighted by Crippen LogP contribution is 2.27. The first kappa shape index (κ1) is 16.4. The van der Waals surface area contributed by atoms with E-state index in [-0.39, 0.29) is 0 Å². The summed E-state index contributed by atoms with van der Waals surface area (Å²) in [6.45, 7) is 4.32. The average molecular weight is 320 g/mol. The van der Waals surface area contributed by atoms with Crippen molar-refractivity contribution in [3.05, 3.63) is 18.2 Å². The van der Waals surface area contributed by atoms with Crippen molar-refractivity contribution in [3.63, 3.8) is 0 Å². The number of ether oxygens (including phenoxy) is 3. The monoisotopic (exact) mass is 320 g/mol. The van der Waals surface area contributed by atoms with Crippen molar-refractivity contribution in [2.45, 2.75) is 37.8 Å². The van der Waals surface area contributed by atoms with Gasteiger partial charge in [-0.1, -0.05) is 0 Å². The first-order valence-corrected chi connectivity index (χ1v) is 8.60. The van der Waals surface area contributed by atoms with Crippen LogP contribution >= 0.6 is 0 Å². The Morgan fingerprint density at radius 3 is 2.35 bits per heavy atom. The van der Waals surface area contributed by atoms with E-state index in [2.05, 4.69) is 10.2 Å². The zero-order valence-corrected chi connectivity index (χ0v) is 14.2. The average Bonchev–Trinajstić information content (AvgIpc) is 3.09. The molecule has 1 aromatic rings. The van der Waals surface area contributed by atoms with Gasteiger partial charge in [0, 0.05) is 56.2 Å². The zero-order valence-electron chi connectivity index (χ0n) is 14.2. The van der Waals surface area contributed by atoms with Crippen molar-refractivity contribution in [2.75, 3.05) is 45.8 Å². The zero-order chi connectivity index (χ0) is 16.1. The first-order chi connectivity index (χ1) is 11.3. The molecule has 0 spiro atoms. The second-order valence-electron chi connectivity index (χ2n) is 6.46. The number of nitrogens with one attached hydrogen (secondary N) is 1. The SMILES string of the molecule is COc1cc(NC2CCN(C[C@H]3CCCO3)CC2)cc(OC)c1. The maximum absolute atomic E-state index is 5.74. The summed E-state index contributed by atoms with van der Waals surface area (Å²) >= 11 is 0. The summed E-state index contributed by atoms with van der Waals surface area (Å²) in [5.74, 6) is 1.64. The van der Waals surface area contributed by atoms with Crippen molar-refractivity contribution in [1.29, 1.82) is 0 Å². The summed E-state index contributed by atoms with van der Waals surface area (Å²) in [5, 5.41) is 3.63. The molecule has 5 heteroatoms.